The summed E-state index contributed by atoms with van der Waals surface area (Å²) in [6.45, 7) is 3.14. The summed E-state index contributed by atoms with van der Waals surface area (Å²) in [6.07, 6.45) is 1.34. The maximum absolute atomic E-state index is 11.9. The molecule has 3 nitrogen and oxygen atoms in total. The summed E-state index contributed by atoms with van der Waals surface area (Å²) in [4.78, 5) is 13.7. The lowest BCUT2D eigenvalue weighted by molar-refractivity contribution is -0.00200. The summed E-state index contributed by atoms with van der Waals surface area (Å²) in [5.74, 6) is 0.0896. The van der Waals surface area contributed by atoms with E-state index < -0.39 is 5.60 Å². The van der Waals surface area contributed by atoms with Crippen LogP contribution in [0.15, 0.2) is 16.8 Å². The number of carbonyl (C=O) groups is 1. The lowest BCUT2D eigenvalue weighted by Crippen LogP contribution is -2.45. The van der Waals surface area contributed by atoms with Crippen LogP contribution in [0, 0.1) is 0 Å². The second-order valence-corrected chi connectivity index (χ2v) is 5.08. The van der Waals surface area contributed by atoms with Crippen molar-refractivity contribution in [3.05, 3.63) is 22.4 Å². The van der Waals surface area contributed by atoms with Gasteiger partial charge in [0.1, 0.15) is 0 Å². The first-order valence-corrected chi connectivity index (χ1v) is 6.07. The molecule has 1 aromatic rings. The van der Waals surface area contributed by atoms with Crippen molar-refractivity contribution in [2.45, 2.75) is 25.4 Å². The molecule has 0 saturated carbocycles. The topological polar surface area (TPSA) is 40.5 Å². The van der Waals surface area contributed by atoms with Crippen LogP contribution in [0.4, 0.5) is 0 Å². The normalized spacial score (nSPS) is 20.3. The Balaban J connectivity index is 2.00. The molecule has 2 heterocycles. The Bertz CT molecular complexity index is 335. The number of amides is 1. The van der Waals surface area contributed by atoms with E-state index in [2.05, 4.69) is 0 Å². The van der Waals surface area contributed by atoms with E-state index in [4.69, 9.17) is 0 Å². The van der Waals surface area contributed by atoms with Crippen LogP contribution in [0.1, 0.15) is 30.1 Å². The summed E-state index contributed by atoms with van der Waals surface area (Å²) >= 11 is 1.53. The summed E-state index contributed by atoms with van der Waals surface area (Å²) < 4.78 is 0. The molecule has 0 unspecified atom stereocenters. The number of carbonyl (C=O) groups excluding carboxylic acids is 1. The van der Waals surface area contributed by atoms with Crippen molar-refractivity contribution in [1.29, 1.82) is 0 Å². The van der Waals surface area contributed by atoms with Gasteiger partial charge in [-0.2, -0.15) is 11.3 Å². The monoisotopic (exact) mass is 225 g/mol. The summed E-state index contributed by atoms with van der Waals surface area (Å²) in [5.41, 5.74) is 0.173. The number of thiophene rings is 1. The Labute approximate surface area is 93.3 Å². The summed E-state index contributed by atoms with van der Waals surface area (Å²) in [6, 6.07) is 1.85. The highest BCUT2D eigenvalue weighted by atomic mass is 32.1. The third-order valence-corrected chi connectivity index (χ3v) is 3.58. The lowest BCUT2D eigenvalue weighted by atomic mass is 9.93. The van der Waals surface area contributed by atoms with Crippen molar-refractivity contribution in [1.82, 2.24) is 4.90 Å². The highest BCUT2D eigenvalue weighted by Crippen LogP contribution is 2.22. The minimum absolute atomic E-state index is 0.0896. The van der Waals surface area contributed by atoms with E-state index in [0.717, 1.165) is 5.56 Å². The molecule has 2 rings (SSSR count). The van der Waals surface area contributed by atoms with E-state index in [1.165, 1.54) is 11.3 Å². The Hall–Kier alpha value is -0.870. The van der Waals surface area contributed by atoms with Gasteiger partial charge in [0, 0.05) is 18.5 Å². The van der Waals surface area contributed by atoms with E-state index in [-0.39, 0.29) is 5.91 Å². The maximum Gasteiger partial charge on any atom is 0.254 e. The van der Waals surface area contributed by atoms with Crippen LogP contribution >= 0.6 is 11.3 Å². The molecule has 1 saturated heterocycles. The minimum Gasteiger partial charge on any atom is -0.390 e. The average Bonchev–Trinajstić information content (AvgIpc) is 2.69. The molecule has 0 aliphatic carbocycles. The number of rotatable bonds is 1. The molecule has 82 valence electrons. The van der Waals surface area contributed by atoms with Crippen LogP contribution in [0.3, 0.4) is 0 Å². The van der Waals surface area contributed by atoms with E-state index in [1.54, 1.807) is 0 Å². The van der Waals surface area contributed by atoms with Gasteiger partial charge < -0.3 is 10.0 Å². The number of hydrogen-bond acceptors (Lipinski definition) is 3. The van der Waals surface area contributed by atoms with Gasteiger partial charge in [0.15, 0.2) is 0 Å². The standard InChI is InChI=1S/C11H15NO2S/c1-11(14)3-5-12(6-4-11)10(13)9-2-7-15-8-9/h2,7-8,14H,3-6H2,1H3. The largest absolute Gasteiger partial charge is 0.390 e. The first kappa shape index (κ1) is 10.6. The molecular weight excluding hydrogens is 210 g/mol. The molecule has 4 heteroatoms. The minimum atomic E-state index is -0.592. The third-order valence-electron chi connectivity index (χ3n) is 2.90. The van der Waals surface area contributed by atoms with Gasteiger partial charge in [-0.3, -0.25) is 4.79 Å². The number of likely N-dealkylation sites (tertiary alicyclic amines) is 1. The molecule has 1 aliphatic heterocycles. The smallest absolute Gasteiger partial charge is 0.254 e. The third kappa shape index (κ3) is 2.38. The Morgan fingerprint density at radius 2 is 2.20 bits per heavy atom. The zero-order valence-corrected chi connectivity index (χ0v) is 9.59. The Kier molecular flexibility index (Phi) is 2.80. The molecule has 0 aromatic carbocycles. The van der Waals surface area contributed by atoms with Gasteiger partial charge in [0.25, 0.3) is 5.91 Å². The Morgan fingerprint density at radius 1 is 1.53 bits per heavy atom. The highest BCUT2D eigenvalue weighted by Gasteiger charge is 2.29. The first-order chi connectivity index (χ1) is 7.08. The lowest BCUT2D eigenvalue weighted by Gasteiger charge is -2.35. The van der Waals surface area contributed by atoms with Crippen molar-refractivity contribution in [2.75, 3.05) is 13.1 Å². The van der Waals surface area contributed by atoms with Gasteiger partial charge in [0.2, 0.25) is 0 Å². The summed E-state index contributed by atoms with van der Waals surface area (Å²) in [7, 11) is 0. The maximum atomic E-state index is 11.9. The molecule has 1 fully saturated rings. The van der Waals surface area contributed by atoms with Crippen molar-refractivity contribution in [3.63, 3.8) is 0 Å². The van der Waals surface area contributed by atoms with Crippen LogP contribution in [0.5, 0.6) is 0 Å². The molecule has 0 atom stereocenters. The predicted molar refractivity (Wildman–Crippen MR) is 60.1 cm³/mol. The molecule has 1 N–H and O–H groups in total. The van der Waals surface area contributed by atoms with Gasteiger partial charge in [0.05, 0.1) is 11.2 Å². The van der Waals surface area contributed by atoms with E-state index >= 15 is 0 Å². The van der Waals surface area contributed by atoms with Crippen LogP contribution in [0.25, 0.3) is 0 Å². The fraction of sp³-hybridized carbons (Fsp3) is 0.545. The number of aliphatic hydroxyl groups is 1. The average molecular weight is 225 g/mol. The molecular formula is C11H15NO2S. The van der Waals surface area contributed by atoms with Gasteiger partial charge in [-0.05, 0) is 31.2 Å². The number of nitrogens with zero attached hydrogens (tertiary/aromatic N) is 1. The zero-order valence-electron chi connectivity index (χ0n) is 8.77. The van der Waals surface area contributed by atoms with Crippen molar-refractivity contribution in [3.8, 4) is 0 Å². The predicted octanol–water partition coefficient (Wildman–Crippen LogP) is 1.74. The van der Waals surface area contributed by atoms with E-state index in [1.807, 2.05) is 28.7 Å². The first-order valence-electron chi connectivity index (χ1n) is 5.12. The highest BCUT2D eigenvalue weighted by molar-refractivity contribution is 7.08. The molecule has 1 aromatic heterocycles. The van der Waals surface area contributed by atoms with E-state index in [9.17, 15) is 9.90 Å². The fourth-order valence-corrected chi connectivity index (χ4v) is 2.39. The molecule has 1 aliphatic rings. The number of piperidine rings is 1. The Morgan fingerprint density at radius 3 is 2.73 bits per heavy atom. The molecule has 15 heavy (non-hydrogen) atoms. The molecule has 0 spiro atoms. The zero-order chi connectivity index (χ0) is 10.9. The van der Waals surface area contributed by atoms with Crippen LogP contribution < -0.4 is 0 Å². The molecule has 0 radical (unpaired) electrons. The molecule has 1 amide bonds. The van der Waals surface area contributed by atoms with Crippen LogP contribution in [-0.2, 0) is 0 Å². The van der Waals surface area contributed by atoms with Gasteiger partial charge in [-0.1, -0.05) is 0 Å². The SMILES string of the molecule is CC1(O)CCN(C(=O)c2ccsc2)CC1. The second-order valence-electron chi connectivity index (χ2n) is 4.30. The van der Waals surface area contributed by atoms with Crippen molar-refractivity contribution in [2.24, 2.45) is 0 Å². The summed E-state index contributed by atoms with van der Waals surface area (Å²) in [5, 5.41) is 13.5. The van der Waals surface area contributed by atoms with Gasteiger partial charge >= 0.3 is 0 Å². The van der Waals surface area contributed by atoms with Crippen molar-refractivity contribution >= 4 is 17.2 Å². The van der Waals surface area contributed by atoms with Gasteiger partial charge in [-0.25, -0.2) is 0 Å². The van der Waals surface area contributed by atoms with E-state index in [0.29, 0.717) is 25.9 Å². The second kappa shape index (κ2) is 3.94. The number of hydrogen-bond donors (Lipinski definition) is 1. The quantitative estimate of drug-likeness (QED) is 0.790. The van der Waals surface area contributed by atoms with Gasteiger partial charge in [-0.15, -0.1) is 0 Å². The van der Waals surface area contributed by atoms with Crippen LogP contribution in [-0.4, -0.2) is 34.6 Å². The van der Waals surface area contributed by atoms with Crippen LogP contribution in [0.2, 0.25) is 0 Å². The fourth-order valence-electron chi connectivity index (χ4n) is 1.76. The molecule has 0 bridgehead atoms. The van der Waals surface area contributed by atoms with Crippen molar-refractivity contribution < 1.29 is 9.90 Å².